The molecule has 3 aromatic heterocycles. The molecule has 1 N–H and O–H groups in total. The number of ether oxygens (including phenoxy) is 1. The zero-order valence-corrected chi connectivity index (χ0v) is 14.2. The van der Waals surface area contributed by atoms with Crippen molar-refractivity contribution in [1.29, 1.82) is 0 Å². The summed E-state index contributed by atoms with van der Waals surface area (Å²) in [5, 5.41) is 11.4. The van der Waals surface area contributed by atoms with Crippen LogP contribution in [0.2, 0.25) is 0 Å². The molecule has 0 aliphatic carbocycles. The second-order valence-electron chi connectivity index (χ2n) is 6.15. The highest BCUT2D eigenvalue weighted by molar-refractivity contribution is 5.76. The van der Waals surface area contributed by atoms with Crippen LogP contribution in [0.4, 0.5) is 10.3 Å². The molecule has 7 nitrogen and oxygen atoms in total. The second kappa shape index (κ2) is 6.31. The Kier molecular flexibility index (Phi) is 3.67. The van der Waals surface area contributed by atoms with Gasteiger partial charge in [0, 0.05) is 47.6 Å². The number of halogens is 1. The van der Waals surface area contributed by atoms with Gasteiger partial charge in [-0.05, 0) is 18.2 Å². The van der Waals surface area contributed by atoms with Gasteiger partial charge in [0.2, 0.25) is 5.95 Å². The Hall–Kier alpha value is -3.55. The molecule has 133 valence electrons. The number of rotatable bonds is 4. The number of hydrogen-bond donors (Lipinski definition) is 1. The van der Waals surface area contributed by atoms with Gasteiger partial charge in [-0.15, -0.1) is 10.2 Å². The average Bonchev–Trinajstić information content (AvgIpc) is 3.37. The van der Waals surface area contributed by atoms with Gasteiger partial charge in [0.1, 0.15) is 17.9 Å². The average molecular weight is 361 g/mol. The minimum absolute atomic E-state index is 0.255. The van der Waals surface area contributed by atoms with E-state index >= 15 is 0 Å². The number of hydrogen-bond acceptors (Lipinski definition) is 6. The summed E-state index contributed by atoms with van der Waals surface area (Å²) in [6.07, 6.45) is 8.43. The number of nitrogens with zero attached hydrogens (tertiary/aromatic N) is 5. The number of nitrogens with one attached hydrogen (secondary N) is 1. The summed E-state index contributed by atoms with van der Waals surface area (Å²) in [5.41, 5.74) is 3.82. The Balaban J connectivity index is 1.49. The molecule has 0 amide bonds. The van der Waals surface area contributed by atoms with Crippen LogP contribution in [0, 0.1) is 12.0 Å². The van der Waals surface area contributed by atoms with Crippen molar-refractivity contribution in [2.24, 2.45) is 0 Å². The summed E-state index contributed by atoms with van der Waals surface area (Å²) >= 11 is 0. The fourth-order valence-corrected chi connectivity index (χ4v) is 3.31. The van der Waals surface area contributed by atoms with Crippen LogP contribution in [0.25, 0.3) is 16.8 Å². The van der Waals surface area contributed by atoms with Gasteiger partial charge in [-0.2, -0.15) is 0 Å². The first kappa shape index (κ1) is 15.7. The van der Waals surface area contributed by atoms with E-state index in [1.54, 1.807) is 35.3 Å². The third-order valence-corrected chi connectivity index (χ3v) is 4.62. The third kappa shape index (κ3) is 2.66. The fraction of sp³-hybridized carbons (Fsp3) is 0.158. The summed E-state index contributed by atoms with van der Waals surface area (Å²) in [7, 11) is 0. The predicted molar refractivity (Wildman–Crippen MR) is 95.8 cm³/mol. The quantitative estimate of drug-likeness (QED) is 0.602. The molecule has 0 atom stereocenters. The molecule has 5 rings (SSSR count). The second-order valence-corrected chi connectivity index (χ2v) is 6.15. The first-order chi connectivity index (χ1) is 13.3. The van der Waals surface area contributed by atoms with E-state index in [2.05, 4.69) is 31.7 Å². The van der Waals surface area contributed by atoms with Crippen molar-refractivity contribution >= 4 is 11.6 Å². The lowest BCUT2D eigenvalue weighted by Gasteiger charge is -2.12. The number of pyridine rings is 1. The Labute approximate surface area is 153 Å². The molecule has 1 aromatic carbocycles. The van der Waals surface area contributed by atoms with Gasteiger partial charge in [0.15, 0.2) is 5.65 Å². The van der Waals surface area contributed by atoms with E-state index in [9.17, 15) is 4.39 Å². The molecule has 1 aliphatic heterocycles. The van der Waals surface area contributed by atoms with E-state index in [1.165, 1.54) is 6.07 Å². The molecule has 0 saturated heterocycles. The topological polar surface area (TPSA) is 77.2 Å². The maximum atomic E-state index is 14.3. The summed E-state index contributed by atoms with van der Waals surface area (Å²) in [6.45, 7) is 0.872. The standard InChI is InChI=1S/C19H14FN6O/c20-16-3-4-17-13(5-7-27-17)15(16)10-23-19-22-9-14(12-2-1-6-21-8-12)18-25-24-11-26(18)19/h1-4,8-9,11H,5,7,10H2,(H,22,23). The smallest absolute Gasteiger partial charge is 0.210 e. The lowest BCUT2D eigenvalue weighted by molar-refractivity contribution is 0.356. The monoisotopic (exact) mass is 361 g/mol. The van der Waals surface area contributed by atoms with Gasteiger partial charge >= 0.3 is 0 Å². The van der Waals surface area contributed by atoms with Crippen molar-refractivity contribution in [3.8, 4) is 16.9 Å². The highest BCUT2D eigenvalue weighted by atomic mass is 19.1. The Bertz CT molecular complexity index is 1130. The van der Waals surface area contributed by atoms with E-state index in [1.807, 2.05) is 6.07 Å². The zero-order valence-electron chi connectivity index (χ0n) is 14.2. The molecule has 1 radical (unpaired) electrons. The Morgan fingerprint density at radius 2 is 2.22 bits per heavy atom. The summed E-state index contributed by atoms with van der Waals surface area (Å²) < 4.78 is 21.6. The van der Waals surface area contributed by atoms with Crippen LogP contribution in [0.5, 0.6) is 5.75 Å². The van der Waals surface area contributed by atoms with Crippen molar-refractivity contribution < 1.29 is 9.13 Å². The number of fused-ring (bicyclic) bond motifs is 2. The summed E-state index contributed by atoms with van der Waals surface area (Å²) in [5.74, 6) is 1.03. The Morgan fingerprint density at radius 1 is 1.26 bits per heavy atom. The summed E-state index contributed by atoms with van der Waals surface area (Å²) in [4.78, 5) is 8.49. The van der Waals surface area contributed by atoms with Gasteiger partial charge in [0.05, 0.1) is 12.8 Å². The van der Waals surface area contributed by atoms with Crippen molar-refractivity contribution in [3.05, 3.63) is 66.1 Å². The highest BCUT2D eigenvalue weighted by Gasteiger charge is 2.20. The first-order valence-electron chi connectivity index (χ1n) is 8.49. The van der Waals surface area contributed by atoms with Crippen LogP contribution in [0.3, 0.4) is 0 Å². The van der Waals surface area contributed by atoms with Gasteiger partial charge in [-0.25, -0.2) is 9.37 Å². The molecule has 8 heteroatoms. The molecule has 4 aromatic rings. The van der Waals surface area contributed by atoms with E-state index in [0.717, 1.165) is 22.4 Å². The first-order valence-corrected chi connectivity index (χ1v) is 8.49. The van der Waals surface area contributed by atoms with Crippen molar-refractivity contribution in [2.45, 2.75) is 13.0 Å². The molecule has 0 saturated carbocycles. The maximum absolute atomic E-state index is 14.3. The molecular weight excluding hydrogens is 347 g/mol. The molecule has 4 heterocycles. The molecule has 0 bridgehead atoms. The van der Waals surface area contributed by atoms with Crippen LogP contribution >= 0.6 is 0 Å². The molecular formula is C19H14FN6O. The van der Waals surface area contributed by atoms with Crippen LogP contribution in [0.15, 0.2) is 43.0 Å². The van der Waals surface area contributed by atoms with E-state index < -0.39 is 0 Å². The van der Waals surface area contributed by atoms with E-state index in [0.29, 0.717) is 36.7 Å². The maximum Gasteiger partial charge on any atom is 0.210 e. The number of aromatic nitrogens is 5. The van der Waals surface area contributed by atoms with Gasteiger partial charge in [-0.1, -0.05) is 6.07 Å². The molecule has 0 spiro atoms. The predicted octanol–water partition coefficient (Wildman–Crippen LogP) is 2.67. The molecule has 0 fully saturated rings. The SMILES string of the molecule is Fc1ccc2c(c1CNc1ncc(-c3cc[c]nc3)c3nncn13)CCO2. The van der Waals surface area contributed by atoms with Crippen molar-refractivity contribution in [3.63, 3.8) is 0 Å². The van der Waals surface area contributed by atoms with Gasteiger partial charge in [0.25, 0.3) is 0 Å². The van der Waals surface area contributed by atoms with Crippen LogP contribution in [0.1, 0.15) is 11.1 Å². The normalized spacial score (nSPS) is 12.8. The largest absolute Gasteiger partial charge is 0.493 e. The third-order valence-electron chi connectivity index (χ3n) is 4.62. The molecule has 27 heavy (non-hydrogen) atoms. The van der Waals surface area contributed by atoms with Gasteiger partial charge < -0.3 is 10.1 Å². The minimum Gasteiger partial charge on any atom is -0.493 e. The Morgan fingerprint density at radius 3 is 3.11 bits per heavy atom. The fourth-order valence-electron chi connectivity index (χ4n) is 3.31. The number of anilines is 1. The highest BCUT2D eigenvalue weighted by Crippen LogP contribution is 2.31. The number of benzene rings is 1. The van der Waals surface area contributed by atoms with Gasteiger partial charge in [-0.3, -0.25) is 9.38 Å². The van der Waals surface area contributed by atoms with E-state index in [-0.39, 0.29) is 5.82 Å². The zero-order chi connectivity index (χ0) is 18.2. The van der Waals surface area contributed by atoms with Crippen LogP contribution < -0.4 is 10.1 Å². The van der Waals surface area contributed by atoms with Crippen LogP contribution in [-0.2, 0) is 13.0 Å². The molecule has 0 unspecified atom stereocenters. The van der Waals surface area contributed by atoms with Crippen molar-refractivity contribution in [2.75, 3.05) is 11.9 Å². The lowest BCUT2D eigenvalue weighted by Crippen LogP contribution is -2.09. The summed E-state index contributed by atoms with van der Waals surface area (Å²) in [6, 6.07) is 6.73. The van der Waals surface area contributed by atoms with Crippen LogP contribution in [-0.4, -0.2) is 31.2 Å². The molecule has 1 aliphatic rings. The van der Waals surface area contributed by atoms with E-state index in [4.69, 9.17) is 4.74 Å². The minimum atomic E-state index is -0.255. The lowest BCUT2D eigenvalue weighted by atomic mass is 10.0. The van der Waals surface area contributed by atoms with Crippen molar-refractivity contribution in [1.82, 2.24) is 24.6 Å².